The highest BCUT2D eigenvalue weighted by Crippen LogP contribution is 2.37. The number of carbonyl (C=O) groups excluding carboxylic acids is 1. The third kappa shape index (κ3) is 4.80. The fourth-order valence-electron chi connectivity index (χ4n) is 2.66. The first-order chi connectivity index (χ1) is 9.56. The highest BCUT2D eigenvalue weighted by Gasteiger charge is 2.30. The third-order valence-corrected chi connectivity index (χ3v) is 5.00. The lowest BCUT2D eigenvalue weighted by atomic mass is 9.96. The number of amides is 1. The zero-order valence-corrected chi connectivity index (χ0v) is 15.7. The number of carbonyl (C=O) groups is 1. The van der Waals surface area contributed by atoms with Crippen molar-refractivity contribution < 1.29 is 9.53 Å². The number of rotatable bonds is 5. The van der Waals surface area contributed by atoms with Crippen LogP contribution < -0.4 is 5.73 Å². The first-order valence-electron chi connectivity index (χ1n) is 7.01. The van der Waals surface area contributed by atoms with Crippen LogP contribution in [0.2, 0.25) is 0 Å². The van der Waals surface area contributed by atoms with Crippen molar-refractivity contribution in [2.75, 3.05) is 20.7 Å². The summed E-state index contributed by atoms with van der Waals surface area (Å²) < 4.78 is 5.20. The third-order valence-electron chi connectivity index (χ3n) is 3.89. The van der Waals surface area contributed by atoms with E-state index >= 15 is 0 Å². The van der Waals surface area contributed by atoms with Crippen molar-refractivity contribution in [3.8, 4) is 0 Å². The van der Waals surface area contributed by atoms with Gasteiger partial charge in [-0.05, 0) is 26.2 Å². The summed E-state index contributed by atoms with van der Waals surface area (Å²) in [6.45, 7) is 2.39. The molecule has 0 fully saturated rings. The lowest BCUT2D eigenvalue weighted by Gasteiger charge is -2.31. The molecular formula is C14H25Cl2N3O2S. The van der Waals surface area contributed by atoms with Crippen molar-refractivity contribution >= 4 is 42.1 Å². The Bertz CT molecular complexity index is 481. The lowest BCUT2D eigenvalue weighted by molar-refractivity contribution is -0.134. The molecule has 1 aromatic rings. The van der Waals surface area contributed by atoms with Gasteiger partial charge in [0.15, 0.2) is 0 Å². The molecule has 0 aliphatic heterocycles. The molecule has 5 nitrogen and oxygen atoms in total. The van der Waals surface area contributed by atoms with Crippen molar-refractivity contribution in [1.29, 1.82) is 0 Å². The number of halogens is 2. The molecule has 22 heavy (non-hydrogen) atoms. The van der Waals surface area contributed by atoms with Gasteiger partial charge in [-0.2, -0.15) is 0 Å². The second-order valence-corrected chi connectivity index (χ2v) is 6.49. The Morgan fingerprint density at radius 3 is 2.82 bits per heavy atom. The number of aromatic nitrogens is 1. The molecule has 1 amide bonds. The van der Waals surface area contributed by atoms with Gasteiger partial charge in [0.25, 0.3) is 0 Å². The Morgan fingerprint density at radius 1 is 1.55 bits per heavy atom. The smallest absolute Gasteiger partial charge is 0.225 e. The van der Waals surface area contributed by atoms with Gasteiger partial charge in [0.2, 0.25) is 5.91 Å². The van der Waals surface area contributed by atoms with Crippen molar-refractivity contribution in [2.24, 2.45) is 5.73 Å². The topological polar surface area (TPSA) is 68.5 Å². The second-order valence-electron chi connectivity index (χ2n) is 5.25. The van der Waals surface area contributed by atoms with Crippen LogP contribution in [0.5, 0.6) is 0 Å². The van der Waals surface area contributed by atoms with Gasteiger partial charge < -0.3 is 15.4 Å². The number of thiazole rings is 1. The molecule has 0 spiro atoms. The SMILES string of the molecule is COC(CN)CC(=O)N(C)C1CCCc2nc(C)sc21.Cl.Cl. The molecule has 2 atom stereocenters. The molecule has 2 N–H and O–H groups in total. The van der Waals surface area contributed by atoms with Crippen LogP contribution in [0.15, 0.2) is 0 Å². The molecule has 1 heterocycles. The Morgan fingerprint density at radius 2 is 2.23 bits per heavy atom. The maximum atomic E-state index is 12.4. The molecule has 0 bridgehead atoms. The molecule has 1 aromatic heterocycles. The van der Waals surface area contributed by atoms with Crippen molar-refractivity contribution in [3.05, 3.63) is 15.6 Å². The molecule has 1 aliphatic carbocycles. The maximum Gasteiger partial charge on any atom is 0.225 e. The van der Waals surface area contributed by atoms with E-state index < -0.39 is 0 Å². The fourth-order valence-corrected chi connectivity index (χ4v) is 3.82. The number of methoxy groups -OCH3 is 1. The fraction of sp³-hybridized carbons (Fsp3) is 0.714. The van der Waals surface area contributed by atoms with Crippen LogP contribution in [0, 0.1) is 6.92 Å². The van der Waals surface area contributed by atoms with Crippen LogP contribution in [0.4, 0.5) is 0 Å². The molecule has 128 valence electrons. The van der Waals surface area contributed by atoms with E-state index in [-0.39, 0.29) is 42.9 Å². The zero-order valence-electron chi connectivity index (χ0n) is 13.2. The highest BCUT2D eigenvalue weighted by molar-refractivity contribution is 7.11. The first kappa shape index (κ1) is 21.6. The summed E-state index contributed by atoms with van der Waals surface area (Å²) in [5.74, 6) is 0.0891. The van der Waals surface area contributed by atoms with Gasteiger partial charge >= 0.3 is 0 Å². The van der Waals surface area contributed by atoms with E-state index in [4.69, 9.17) is 10.5 Å². The van der Waals surface area contributed by atoms with Gasteiger partial charge in [-0.3, -0.25) is 4.79 Å². The standard InChI is InChI=1S/C14H23N3O2S.2ClH/c1-9-16-11-5-4-6-12(14(11)20-9)17(2)13(18)7-10(8-15)19-3;;/h10,12H,4-8,15H2,1-3H3;2*1H. The summed E-state index contributed by atoms with van der Waals surface area (Å²) in [7, 11) is 3.47. The summed E-state index contributed by atoms with van der Waals surface area (Å²) in [5, 5.41) is 1.08. The maximum absolute atomic E-state index is 12.4. The number of ether oxygens (including phenoxy) is 1. The second kappa shape index (κ2) is 9.67. The molecule has 0 aromatic carbocycles. The number of hydrogen-bond donors (Lipinski definition) is 1. The summed E-state index contributed by atoms with van der Waals surface area (Å²) in [4.78, 5) is 20.0. The lowest BCUT2D eigenvalue weighted by Crippen LogP contribution is -2.36. The van der Waals surface area contributed by atoms with Gasteiger partial charge in [-0.25, -0.2) is 4.98 Å². The average molecular weight is 370 g/mol. The zero-order chi connectivity index (χ0) is 14.7. The van der Waals surface area contributed by atoms with Crippen molar-refractivity contribution in [3.63, 3.8) is 0 Å². The Hall–Kier alpha value is -0.400. The molecule has 0 saturated heterocycles. The Kier molecular flexibility index (Phi) is 9.50. The van der Waals surface area contributed by atoms with Crippen LogP contribution in [0.1, 0.15) is 40.9 Å². The highest BCUT2D eigenvalue weighted by atomic mass is 35.5. The van der Waals surface area contributed by atoms with Crippen molar-refractivity contribution in [1.82, 2.24) is 9.88 Å². The molecular weight excluding hydrogens is 345 g/mol. The van der Waals surface area contributed by atoms with Crippen LogP contribution in [-0.4, -0.2) is 42.6 Å². The molecule has 0 radical (unpaired) electrons. The summed E-state index contributed by atoms with van der Waals surface area (Å²) in [6.07, 6.45) is 3.27. The van der Waals surface area contributed by atoms with Crippen LogP contribution in [0.3, 0.4) is 0 Å². The minimum absolute atomic E-state index is 0. The van der Waals surface area contributed by atoms with Crippen LogP contribution >= 0.6 is 36.2 Å². The first-order valence-corrected chi connectivity index (χ1v) is 7.83. The number of nitrogens with zero attached hydrogens (tertiary/aromatic N) is 2. The molecule has 0 saturated carbocycles. The largest absolute Gasteiger partial charge is 0.380 e. The number of fused-ring (bicyclic) bond motifs is 1. The Balaban J connectivity index is 0.00000220. The van der Waals surface area contributed by atoms with Crippen LogP contribution in [0.25, 0.3) is 0 Å². The van der Waals surface area contributed by atoms with E-state index in [1.807, 2.05) is 18.9 Å². The predicted octanol–water partition coefficient (Wildman–Crippen LogP) is 2.49. The van der Waals surface area contributed by atoms with E-state index in [2.05, 4.69) is 4.98 Å². The number of hydrogen-bond acceptors (Lipinski definition) is 5. The monoisotopic (exact) mass is 369 g/mol. The van der Waals surface area contributed by atoms with E-state index in [1.54, 1.807) is 18.4 Å². The minimum Gasteiger partial charge on any atom is -0.380 e. The van der Waals surface area contributed by atoms with E-state index in [1.165, 1.54) is 10.6 Å². The number of nitrogens with two attached hydrogens (primary N) is 1. The van der Waals surface area contributed by atoms with E-state index in [0.717, 1.165) is 24.3 Å². The number of aryl methyl sites for hydroxylation is 2. The molecule has 2 rings (SSSR count). The Labute approximate surface area is 148 Å². The van der Waals surface area contributed by atoms with Crippen molar-refractivity contribution in [2.45, 2.75) is 44.8 Å². The van der Waals surface area contributed by atoms with Gasteiger partial charge in [0, 0.05) is 20.7 Å². The summed E-state index contributed by atoms with van der Waals surface area (Å²) >= 11 is 1.71. The van der Waals surface area contributed by atoms with Gasteiger partial charge in [-0.15, -0.1) is 36.2 Å². The molecule has 8 heteroatoms. The predicted molar refractivity (Wildman–Crippen MR) is 94.3 cm³/mol. The van der Waals surface area contributed by atoms with Crippen LogP contribution in [-0.2, 0) is 16.0 Å². The average Bonchev–Trinajstić information content (AvgIpc) is 2.83. The van der Waals surface area contributed by atoms with E-state index in [0.29, 0.717) is 13.0 Å². The minimum atomic E-state index is -0.198. The van der Waals surface area contributed by atoms with Gasteiger partial charge in [0.1, 0.15) is 0 Å². The normalized spacial score (nSPS) is 17.7. The molecule has 2 unspecified atom stereocenters. The summed E-state index contributed by atoms with van der Waals surface area (Å²) in [6, 6.07) is 0.160. The summed E-state index contributed by atoms with van der Waals surface area (Å²) in [5.41, 5.74) is 6.76. The van der Waals surface area contributed by atoms with Gasteiger partial charge in [0.05, 0.1) is 34.1 Å². The molecule has 1 aliphatic rings. The quantitative estimate of drug-likeness (QED) is 0.865. The van der Waals surface area contributed by atoms with Gasteiger partial charge in [-0.1, -0.05) is 0 Å². The van der Waals surface area contributed by atoms with E-state index in [9.17, 15) is 4.79 Å².